The molecule has 0 spiro atoms. The lowest BCUT2D eigenvalue weighted by molar-refractivity contribution is -0.0742. The number of methoxy groups -OCH3 is 1. The minimum absolute atomic E-state index is 0.106. The second kappa shape index (κ2) is 4.39. The molecule has 1 aromatic rings. The molecule has 1 N–H and O–H groups in total. The molecule has 0 saturated heterocycles. The monoisotopic (exact) mass is 199 g/mol. The molecule has 0 heterocycles. The third kappa shape index (κ3) is 2.43. The summed E-state index contributed by atoms with van der Waals surface area (Å²) in [5.41, 5.74) is 1.16. The Kier molecular flexibility index (Phi) is 3.43. The predicted molar refractivity (Wildman–Crippen MR) is 50.9 cm³/mol. The van der Waals surface area contributed by atoms with E-state index in [1.165, 1.54) is 20.2 Å². The predicted octanol–water partition coefficient (Wildman–Crippen LogP) is 1.96. The van der Waals surface area contributed by atoms with Crippen LogP contribution in [0.25, 0.3) is 0 Å². The lowest BCUT2D eigenvalue weighted by Gasteiger charge is -2.13. The van der Waals surface area contributed by atoms with Gasteiger partial charge >= 0.3 is 0 Å². The van der Waals surface area contributed by atoms with E-state index < -0.39 is 0 Å². The normalized spacial score (nSPS) is 10.7. The van der Waals surface area contributed by atoms with Gasteiger partial charge in [-0.2, -0.15) is 5.06 Å². The number of hydrogen-bond acceptors (Lipinski definition) is 3. The summed E-state index contributed by atoms with van der Waals surface area (Å²) >= 11 is 0. The van der Waals surface area contributed by atoms with Crippen molar-refractivity contribution in [1.29, 1.82) is 0 Å². The zero-order valence-corrected chi connectivity index (χ0v) is 8.54. The van der Waals surface area contributed by atoms with Gasteiger partial charge in [0.1, 0.15) is 11.6 Å². The molecule has 0 atom stereocenters. The van der Waals surface area contributed by atoms with Crippen LogP contribution in [-0.2, 0) is 6.54 Å². The largest absolute Gasteiger partial charge is 0.496 e. The Morgan fingerprint density at radius 1 is 1.50 bits per heavy atom. The molecule has 0 radical (unpaired) electrons. The lowest BCUT2D eigenvalue weighted by Crippen LogP contribution is -2.14. The van der Waals surface area contributed by atoms with E-state index in [9.17, 15) is 4.39 Å². The van der Waals surface area contributed by atoms with Crippen LogP contribution >= 0.6 is 0 Å². The average molecular weight is 199 g/mol. The maximum absolute atomic E-state index is 13.4. The van der Waals surface area contributed by atoms with Crippen molar-refractivity contribution in [3.05, 3.63) is 29.1 Å². The Bertz CT molecular complexity index is 326. The van der Waals surface area contributed by atoms with Gasteiger partial charge in [0.2, 0.25) is 0 Å². The van der Waals surface area contributed by atoms with Crippen LogP contribution in [0.3, 0.4) is 0 Å². The minimum Gasteiger partial charge on any atom is -0.496 e. The van der Waals surface area contributed by atoms with Gasteiger partial charge in [-0.1, -0.05) is 0 Å². The molecule has 0 amide bonds. The third-order valence-corrected chi connectivity index (χ3v) is 1.91. The van der Waals surface area contributed by atoms with Gasteiger partial charge in [0, 0.05) is 12.6 Å². The fourth-order valence-electron chi connectivity index (χ4n) is 1.30. The van der Waals surface area contributed by atoms with Crippen molar-refractivity contribution in [3.8, 4) is 5.75 Å². The second-order valence-corrected chi connectivity index (χ2v) is 3.24. The summed E-state index contributed by atoms with van der Waals surface area (Å²) in [5, 5.41) is 9.94. The minimum atomic E-state index is -0.359. The van der Waals surface area contributed by atoms with Gasteiger partial charge in [0.25, 0.3) is 0 Å². The van der Waals surface area contributed by atoms with E-state index in [1.807, 2.05) is 0 Å². The topological polar surface area (TPSA) is 32.7 Å². The summed E-state index contributed by atoms with van der Waals surface area (Å²) < 4.78 is 18.5. The Balaban J connectivity index is 3.11. The van der Waals surface area contributed by atoms with Gasteiger partial charge in [0.15, 0.2) is 0 Å². The van der Waals surface area contributed by atoms with E-state index in [2.05, 4.69) is 0 Å². The summed E-state index contributed by atoms with van der Waals surface area (Å²) in [6.45, 7) is 1.90. The smallest absolute Gasteiger partial charge is 0.131 e. The van der Waals surface area contributed by atoms with E-state index in [0.29, 0.717) is 11.3 Å². The van der Waals surface area contributed by atoms with Crippen molar-refractivity contribution >= 4 is 0 Å². The van der Waals surface area contributed by atoms with Crippen LogP contribution in [-0.4, -0.2) is 24.4 Å². The molecule has 0 aliphatic rings. The Morgan fingerprint density at radius 2 is 2.14 bits per heavy atom. The van der Waals surface area contributed by atoms with Crippen LogP contribution in [0.15, 0.2) is 12.1 Å². The van der Waals surface area contributed by atoms with E-state index in [4.69, 9.17) is 9.94 Å². The first kappa shape index (κ1) is 10.9. The van der Waals surface area contributed by atoms with Crippen molar-refractivity contribution in [1.82, 2.24) is 5.06 Å². The first-order valence-electron chi connectivity index (χ1n) is 4.27. The molecule has 0 fully saturated rings. The molecular formula is C10H14FNO2. The van der Waals surface area contributed by atoms with Crippen molar-refractivity contribution in [3.63, 3.8) is 0 Å². The molecule has 0 saturated carbocycles. The van der Waals surface area contributed by atoms with Crippen LogP contribution in [0.4, 0.5) is 4.39 Å². The second-order valence-electron chi connectivity index (χ2n) is 3.24. The maximum Gasteiger partial charge on any atom is 0.131 e. The van der Waals surface area contributed by atoms with Crippen LogP contribution in [0.2, 0.25) is 0 Å². The Labute approximate surface area is 82.7 Å². The molecule has 0 unspecified atom stereocenters. The van der Waals surface area contributed by atoms with Crippen LogP contribution < -0.4 is 4.74 Å². The van der Waals surface area contributed by atoms with Gasteiger partial charge in [-0.15, -0.1) is 0 Å². The quantitative estimate of drug-likeness (QED) is 0.755. The number of hydroxylamine groups is 2. The van der Waals surface area contributed by atoms with Crippen molar-refractivity contribution < 1.29 is 14.3 Å². The number of ether oxygens (including phenoxy) is 1. The molecule has 3 nitrogen and oxygen atoms in total. The Hall–Kier alpha value is -1.13. The summed E-state index contributed by atoms with van der Waals surface area (Å²) in [4.78, 5) is 0. The molecule has 0 bridgehead atoms. The molecule has 0 aliphatic carbocycles. The van der Waals surface area contributed by atoms with Gasteiger partial charge in [0.05, 0.1) is 13.7 Å². The summed E-state index contributed by atoms with van der Waals surface area (Å²) in [6.07, 6.45) is 0. The number of halogens is 1. The highest BCUT2D eigenvalue weighted by molar-refractivity contribution is 5.38. The number of aryl methyl sites for hydroxylation is 1. The fraction of sp³-hybridized carbons (Fsp3) is 0.400. The molecule has 78 valence electrons. The average Bonchev–Trinajstić information content (AvgIpc) is 2.08. The first-order chi connectivity index (χ1) is 6.54. The fourth-order valence-corrected chi connectivity index (χ4v) is 1.30. The van der Waals surface area contributed by atoms with E-state index in [0.717, 1.165) is 10.6 Å². The zero-order chi connectivity index (χ0) is 10.7. The summed E-state index contributed by atoms with van der Waals surface area (Å²) in [6, 6.07) is 3.16. The summed E-state index contributed by atoms with van der Waals surface area (Å²) in [7, 11) is 2.94. The molecule has 1 aromatic carbocycles. The van der Waals surface area contributed by atoms with Crippen LogP contribution in [0.5, 0.6) is 5.75 Å². The van der Waals surface area contributed by atoms with E-state index >= 15 is 0 Å². The van der Waals surface area contributed by atoms with Crippen molar-refractivity contribution in [2.24, 2.45) is 0 Å². The van der Waals surface area contributed by atoms with E-state index in [-0.39, 0.29) is 12.4 Å². The molecular weight excluding hydrogens is 185 g/mol. The van der Waals surface area contributed by atoms with Crippen LogP contribution in [0, 0.1) is 12.7 Å². The molecule has 14 heavy (non-hydrogen) atoms. The highest BCUT2D eigenvalue weighted by atomic mass is 19.1. The van der Waals surface area contributed by atoms with Gasteiger partial charge in [-0.3, -0.25) is 0 Å². The molecule has 1 rings (SSSR count). The third-order valence-electron chi connectivity index (χ3n) is 1.91. The van der Waals surface area contributed by atoms with Gasteiger partial charge < -0.3 is 9.94 Å². The van der Waals surface area contributed by atoms with Gasteiger partial charge in [-0.25, -0.2) is 4.39 Å². The number of benzene rings is 1. The highest BCUT2D eigenvalue weighted by Crippen LogP contribution is 2.24. The molecule has 0 aromatic heterocycles. The SMILES string of the molecule is COc1cc(C)cc(F)c1CN(C)O. The van der Waals surface area contributed by atoms with Crippen molar-refractivity contribution in [2.45, 2.75) is 13.5 Å². The number of hydrogen-bond donors (Lipinski definition) is 1. The molecule has 0 aliphatic heterocycles. The first-order valence-corrected chi connectivity index (χ1v) is 4.27. The van der Waals surface area contributed by atoms with Crippen molar-refractivity contribution in [2.75, 3.05) is 14.2 Å². The molecule has 4 heteroatoms. The van der Waals surface area contributed by atoms with Gasteiger partial charge in [-0.05, 0) is 24.6 Å². The Morgan fingerprint density at radius 3 is 2.64 bits per heavy atom. The number of nitrogens with zero attached hydrogens (tertiary/aromatic N) is 1. The van der Waals surface area contributed by atoms with E-state index in [1.54, 1.807) is 13.0 Å². The standard InChI is InChI=1S/C10H14FNO2/c1-7-4-9(11)8(6-12(2)13)10(5-7)14-3/h4-5,13H,6H2,1-3H3. The highest BCUT2D eigenvalue weighted by Gasteiger charge is 2.11. The maximum atomic E-state index is 13.4. The lowest BCUT2D eigenvalue weighted by atomic mass is 10.1. The number of rotatable bonds is 3. The van der Waals surface area contributed by atoms with Crippen LogP contribution in [0.1, 0.15) is 11.1 Å². The zero-order valence-electron chi connectivity index (χ0n) is 8.54. The summed E-state index contributed by atoms with van der Waals surface area (Å²) in [5.74, 6) is 0.103.